The van der Waals surface area contributed by atoms with E-state index in [4.69, 9.17) is 0 Å². The van der Waals surface area contributed by atoms with Crippen LogP contribution in [0.1, 0.15) is 44.2 Å². The molecule has 3 fully saturated rings. The van der Waals surface area contributed by atoms with Gasteiger partial charge in [0.25, 0.3) is 5.92 Å². The number of aryl methyl sites for hydroxylation is 1. The van der Waals surface area contributed by atoms with Crippen molar-refractivity contribution in [1.82, 2.24) is 25.1 Å². The predicted molar refractivity (Wildman–Crippen MR) is 140 cm³/mol. The Labute approximate surface area is 216 Å². The largest absolute Gasteiger partial charge is 0.371 e. The molecule has 0 atom stereocenters. The van der Waals surface area contributed by atoms with Crippen LogP contribution in [-0.4, -0.2) is 57.3 Å². The Balaban J connectivity index is 1.28. The van der Waals surface area contributed by atoms with Gasteiger partial charge in [0.15, 0.2) is 11.6 Å². The van der Waals surface area contributed by atoms with Crippen molar-refractivity contribution < 1.29 is 8.78 Å². The number of benzene rings is 1. The summed E-state index contributed by atoms with van der Waals surface area (Å²) >= 11 is 2.36. The first kappa shape index (κ1) is 23.1. The molecule has 3 aromatic rings. The van der Waals surface area contributed by atoms with Gasteiger partial charge < -0.3 is 14.8 Å². The third-order valence-electron chi connectivity index (χ3n) is 7.69. The molecule has 1 spiro atoms. The van der Waals surface area contributed by atoms with Gasteiger partial charge in [-0.15, -0.1) is 10.2 Å². The second-order valence-corrected chi connectivity index (χ2v) is 11.5. The molecule has 4 heterocycles. The Kier molecular flexibility index (Phi) is 5.69. The van der Waals surface area contributed by atoms with Gasteiger partial charge >= 0.3 is 0 Å². The maximum absolute atomic E-state index is 13.6. The van der Waals surface area contributed by atoms with Crippen LogP contribution in [0.15, 0.2) is 24.3 Å². The summed E-state index contributed by atoms with van der Waals surface area (Å²) in [7, 11) is 0. The van der Waals surface area contributed by atoms with Crippen molar-refractivity contribution in [2.24, 2.45) is 5.41 Å². The number of aromatic nitrogens is 5. The van der Waals surface area contributed by atoms with E-state index in [2.05, 4.69) is 70.8 Å². The van der Waals surface area contributed by atoms with E-state index in [0.29, 0.717) is 28.7 Å². The fourth-order valence-corrected chi connectivity index (χ4v) is 5.69. The van der Waals surface area contributed by atoms with Gasteiger partial charge in [-0.05, 0) is 84.9 Å². The number of hydrogen-bond donors (Lipinski definition) is 1. The molecule has 2 aromatic heterocycles. The zero-order valence-electron chi connectivity index (χ0n) is 19.7. The number of nitrogens with one attached hydrogen (secondary N) is 1. The van der Waals surface area contributed by atoms with Crippen LogP contribution >= 0.6 is 22.6 Å². The van der Waals surface area contributed by atoms with E-state index in [1.165, 1.54) is 34.9 Å². The maximum Gasteiger partial charge on any atom is 0.251 e. The number of rotatable bonds is 4. The van der Waals surface area contributed by atoms with E-state index >= 15 is 0 Å². The highest BCUT2D eigenvalue weighted by molar-refractivity contribution is 14.1. The van der Waals surface area contributed by atoms with Crippen LogP contribution in [0.25, 0.3) is 22.9 Å². The molecule has 1 saturated carbocycles. The smallest absolute Gasteiger partial charge is 0.251 e. The molecule has 6 rings (SSSR count). The molecule has 10 heteroatoms. The minimum atomic E-state index is -2.61. The fourth-order valence-electron chi connectivity index (χ4n) is 5.21. The lowest BCUT2D eigenvalue weighted by atomic mass is 9.93. The molecule has 0 unspecified atom stereocenters. The first-order chi connectivity index (χ1) is 16.8. The number of H-pyrrole nitrogens is 1. The van der Waals surface area contributed by atoms with Gasteiger partial charge in [-0.2, -0.15) is 0 Å². The lowest BCUT2D eigenvalue weighted by Crippen LogP contribution is -2.40. The van der Waals surface area contributed by atoms with Gasteiger partial charge in [-0.1, -0.05) is 0 Å². The molecule has 0 amide bonds. The van der Waals surface area contributed by atoms with Crippen molar-refractivity contribution in [2.75, 3.05) is 36.0 Å². The zero-order chi connectivity index (χ0) is 24.2. The molecule has 184 valence electrons. The molecule has 2 aliphatic heterocycles. The van der Waals surface area contributed by atoms with E-state index in [9.17, 15) is 8.78 Å². The molecule has 1 N–H and O–H groups in total. The standard InChI is InChI=1S/C25H28F2IN7/c1-16-14-19(30-23(29-16)35-12-8-25(26,27)9-13-35)22-31-21(32-33-22)18-3-2-17(28)15-20(18)34-10-6-24(4-5-24)7-11-34/h2-3,14-15H,4-13H2,1H3,(H,31,32,33). The lowest BCUT2D eigenvalue weighted by molar-refractivity contribution is -0.0222. The molecule has 7 nitrogen and oxygen atoms in total. The Hall–Kier alpha value is -2.37. The molecule has 0 bridgehead atoms. The molecule has 35 heavy (non-hydrogen) atoms. The van der Waals surface area contributed by atoms with Crippen molar-refractivity contribution in [3.05, 3.63) is 33.5 Å². The van der Waals surface area contributed by atoms with Crippen molar-refractivity contribution >= 4 is 34.2 Å². The minimum Gasteiger partial charge on any atom is -0.371 e. The second kappa shape index (κ2) is 8.63. The summed E-state index contributed by atoms with van der Waals surface area (Å²) in [5.41, 5.74) is 4.20. The number of hydrogen-bond acceptors (Lipinski definition) is 6. The summed E-state index contributed by atoms with van der Waals surface area (Å²) in [4.78, 5) is 16.8. The molecule has 2 saturated heterocycles. The van der Waals surface area contributed by atoms with Crippen LogP contribution in [0.2, 0.25) is 0 Å². The highest BCUT2D eigenvalue weighted by Crippen LogP contribution is 2.54. The summed E-state index contributed by atoms with van der Waals surface area (Å²) in [6, 6.07) is 8.27. The van der Waals surface area contributed by atoms with Crippen LogP contribution < -0.4 is 9.80 Å². The topological polar surface area (TPSA) is 73.8 Å². The maximum atomic E-state index is 13.6. The summed E-state index contributed by atoms with van der Waals surface area (Å²) in [6.45, 7) is 4.49. The van der Waals surface area contributed by atoms with Crippen molar-refractivity contribution in [2.45, 2.75) is 51.4 Å². The molecule has 0 radical (unpaired) electrons. The normalized spacial score (nSPS) is 20.9. The average Bonchev–Trinajstić information content (AvgIpc) is 3.39. The van der Waals surface area contributed by atoms with E-state index < -0.39 is 5.92 Å². The first-order valence-corrected chi connectivity index (χ1v) is 13.3. The highest BCUT2D eigenvalue weighted by atomic mass is 127. The van der Waals surface area contributed by atoms with E-state index in [1.54, 1.807) is 0 Å². The van der Waals surface area contributed by atoms with Gasteiger partial charge in [0.1, 0.15) is 5.69 Å². The fraction of sp³-hybridized carbons (Fsp3) is 0.520. The average molecular weight is 591 g/mol. The SMILES string of the molecule is Cc1cc(-c2nnc(-c3ccc(I)cc3N3CCC4(CC3)CC4)[nH]2)nc(N2CCC(F)(F)CC2)n1. The third-order valence-corrected chi connectivity index (χ3v) is 8.36. The van der Waals surface area contributed by atoms with Gasteiger partial charge in [-0.25, -0.2) is 18.7 Å². The van der Waals surface area contributed by atoms with Gasteiger partial charge in [0, 0.05) is 59.5 Å². The number of nitrogens with zero attached hydrogens (tertiary/aromatic N) is 6. The molecule has 1 aromatic carbocycles. The third kappa shape index (κ3) is 4.73. The lowest BCUT2D eigenvalue weighted by Gasteiger charge is -2.34. The van der Waals surface area contributed by atoms with Crippen LogP contribution in [0, 0.1) is 15.9 Å². The van der Waals surface area contributed by atoms with Gasteiger partial charge in [0.2, 0.25) is 5.95 Å². The molecular formula is C25H28F2IN7. The Morgan fingerprint density at radius 2 is 1.54 bits per heavy atom. The first-order valence-electron chi connectivity index (χ1n) is 12.3. The summed E-state index contributed by atoms with van der Waals surface area (Å²) in [5.74, 6) is -0.893. The number of anilines is 2. The van der Waals surface area contributed by atoms with E-state index in [0.717, 1.165) is 24.3 Å². The molecule has 1 aliphatic carbocycles. The number of aromatic amines is 1. The van der Waals surface area contributed by atoms with Crippen LogP contribution in [0.3, 0.4) is 0 Å². The molecular weight excluding hydrogens is 563 g/mol. The number of halogens is 3. The van der Waals surface area contributed by atoms with Crippen LogP contribution in [-0.2, 0) is 0 Å². The Morgan fingerprint density at radius 3 is 2.26 bits per heavy atom. The summed E-state index contributed by atoms with van der Waals surface area (Å²) in [6.07, 6.45) is 4.91. The van der Waals surface area contributed by atoms with Gasteiger partial charge in [0.05, 0.1) is 0 Å². The van der Waals surface area contributed by atoms with Gasteiger partial charge in [-0.3, -0.25) is 0 Å². The second-order valence-electron chi connectivity index (χ2n) is 10.2. The number of piperidine rings is 2. The zero-order valence-corrected chi connectivity index (χ0v) is 21.9. The summed E-state index contributed by atoms with van der Waals surface area (Å²) < 4.78 is 28.4. The summed E-state index contributed by atoms with van der Waals surface area (Å²) in [5, 5.41) is 8.87. The monoisotopic (exact) mass is 591 g/mol. The van der Waals surface area contributed by atoms with Crippen LogP contribution in [0.5, 0.6) is 0 Å². The van der Waals surface area contributed by atoms with E-state index in [-0.39, 0.29) is 25.9 Å². The quantitative estimate of drug-likeness (QED) is 0.407. The van der Waals surface area contributed by atoms with E-state index in [1.807, 2.05) is 17.9 Å². The Bertz CT molecular complexity index is 1240. The Morgan fingerprint density at radius 1 is 0.857 bits per heavy atom. The number of alkyl halides is 2. The van der Waals surface area contributed by atoms with Crippen LogP contribution in [0.4, 0.5) is 20.4 Å². The van der Waals surface area contributed by atoms with Crippen molar-refractivity contribution in [3.63, 3.8) is 0 Å². The molecule has 3 aliphatic rings. The minimum absolute atomic E-state index is 0.181. The van der Waals surface area contributed by atoms with Crippen molar-refractivity contribution in [1.29, 1.82) is 0 Å². The highest BCUT2D eigenvalue weighted by Gasteiger charge is 2.44. The van der Waals surface area contributed by atoms with Crippen molar-refractivity contribution in [3.8, 4) is 22.9 Å². The predicted octanol–water partition coefficient (Wildman–Crippen LogP) is 5.46.